The zero-order valence-electron chi connectivity index (χ0n) is 6.17. The van der Waals surface area contributed by atoms with Crippen molar-refractivity contribution in [1.29, 1.82) is 0 Å². The Hall–Kier alpha value is -1.22. The van der Waals surface area contributed by atoms with E-state index in [1.807, 2.05) is 0 Å². The number of hydrogen-bond donors (Lipinski definition) is 2. The molecule has 0 aliphatic heterocycles. The average Bonchev–Trinajstić information content (AvgIpc) is 2.03. The molecule has 2 heteroatoms. The number of hydrogen-bond acceptors (Lipinski definition) is 2. The van der Waals surface area contributed by atoms with Gasteiger partial charge in [0.15, 0.2) is 0 Å². The molecule has 0 rings (SSSR count). The highest BCUT2D eigenvalue weighted by Gasteiger charge is 1.67. The van der Waals surface area contributed by atoms with Crippen molar-refractivity contribution in [2.24, 2.45) is 0 Å². The summed E-state index contributed by atoms with van der Waals surface area (Å²) in [4.78, 5) is 0. The summed E-state index contributed by atoms with van der Waals surface area (Å²) >= 11 is 0. The van der Waals surface area contributed by atoms with Gasteiger partial charge in [-0.05, 0) is 12.2 Å². The third-order valence-electron chi connectivity index (χ3n) is 0.770. The number of aliphatic hydroxyl groups excluding tert-OH is 2. The van der Waals surface area contributed by atoms with E-state index in [0.717, 1.165) is 0 Å². The van der Waals surface area contributed by atoms with Crippen LogP contribution in [0, 0.1) is 23.7 Å². The van der Waals surface area contributed by atoms with E-state index in [4.69, 9.17) is 10.2 Å². The van der Waals surface area contributed by atoms with Gasteiger partial charge in [0.2, 0.25) is 0 Å². The van der Waals surface area contributed by atoms with E-state index in [0.29, 0.717) is 6.42 Å². The molecular formula is C9H10O2. The molecule has 2 N–H and O–H groups in total. The summed E-state index contributed by atoms with van der Waals surface area (Å²) in [5.74, 6) is 10.4. The van der Waals surface area contributed by atoms with Crippen LogP contribution in [0.1, 0.15) is 6.42 Å². The fraction of sp³-hybridized carbons (Fsp3) is 0.333. The molecule has 58 valence electrons. The summed E-state index contributed by atoms with van der Waals surface area (Å²) in [6.45, 7) is -0.0441. The molecule has 0 bridgehead atoms. The van der Waals surface area contributed by atoms with Crippen LogP contribution in [0.3, 0.4) is 0 Å². The zero-order chi connectivity index (χ0) is 8.36. The van der Waals surface area contributed by atoms with Gasteiger partial charge in [0.1, 0.15) is 6.61 Å². The highest BCUT2D eigenvalue weighted by atomic mass is 16.3. The van der Waals surface area contributed by atoms with Gasteiger partial charge in [-0.2, -0.15) is 0 Å². The van der Waals surface area contributed by atoms with E-state index in [1.54, 1.807) is 12.2 Å². The van der Waals surface area contributed by atoms with Crippen LogP contribution < -0.4 is 0 Å². The molecule has 0 saturated carbocycles. The summed E-state index contributed by atoms with van der Waals surface area (Å²) in [5.41, 5.74) is 0. The molecule has 0 saturated heterocycles. The Morgan fingerprint density at radius 2 is 1.64 bits per heavy atom. The molecule has 0 unspecified atom stereocenters. The highest BCUT2D eigenvalue weighted by molar-refractivity contribution is 5.24. The molecule has 0 amide bonds. The smallest absolute Gasteiger partial charge is 0.104 e. The van der Waals surface area contributed by atoms with Gasteiger partial charge in [-0.3, -0.25) is 0 Å². The second kappa shape index (κ2) is 8.78. The Labute approximate surface area is 66.6 Å². The third kappa shape index (κ3) is 8.78. The molecule has 2 nitrogen and oxygen atoms in total. The standard InChI is InChI=1S/C9H10O2/c10-8-6-4-2-1-3-5-7-9-11/h1-2,10-11H,7-9H2/b2-1+. The van der Waals surface area contributed by atoms with Crippen LogP contribution in [0.2, 0.25) is 0 Å². The monoisotopic (exact) mass is 150 g/mol. The van der Waals surface area contributed by atoms with Gasteiger partial charge in [-0.25, -0.2) is 0 Å². The van der Waals surface area contributed by atoms with Crippen molar-refractivity contribution >= 4 is 0 Å². The van der Waals surface area contributed by atoms with Gasteiger partial charge in [-0.1, -0.05) is 23.7 Å². The minimum atomic E-state index is -0.131. The summed E-state index contributed by atoms with van der Waals surface area (Å²) in [7, 11) is 0. The SMILES string of the molecule is OCC#C/C=C/C#CCCO. The van der Waals surface area contributed by atoms with Crippen LogP contribution in [0.4, 0.5) is 0 Å². The maximum Gasteiger partial charge on any atom is 0.104 e. The molecular weight excluding hydrogens is 140 g/mol. The molecule has 0 spiro atoms. The first-order valence-electron chi connectivity index (χ1n) is 3.25. The largest absolute Gasteiger partial charge is 0.395 e. The van der Waals surface area contributed by atoms with Gasteiger partial charge >= 0.3 is 0 Å². The van der Waals surface area contributed by atoms with Gasteiger partial charge in [-0.15, -0.1) is 0 Å². The molecule has 0 aliphatic rings. The Kier molecular flexibility index (Phi) is 7.81. The maximum absolute atomic E-state index is 8.32. The fourth-order valence-corrected chi connectivity index (χ4v) is 0.375. The van der Waals surface area contributed by atoms with Crippen LogP contribution in [0.5, 0.6) is 0 Å². The lowest BCUT2D eigenvalue weighted by molar-refractivity contribution is 0.305. The maximum atomic E-state index is 8.32. The van der Waals surface area contributed by atoms with Gasteiger partial charge in [0.25, 0.3) is 0 Å². The predicted octanol–water partition coefficient (Wildman–Crippen LogP) is -0.0759. The third-order valence-corrected chi connectivity index (χ3v) is 0.770. The molecule has 0 aromatic heterocycles. The molecule has 0 fully saturated rings. The van der Waals surface area contributed by atoms with Crippen molar-refractivity contribution < 1.29 is 10.2 Å². The molecule has 0 radical (unpaired) electrons. The highest BCUT2D eigenvalue weighted by Crippen LogP contribution is 1.71. The average molecular weight is 150 g/mol. The van der Waals surface area contributed by atoms with E-state index < -0.39 is 0 Å². The minimum Gasteiger partial charge on any atom is -0.395 e. The van der Waals surface area contributed by atoms with Crippen LogP contribution >= 0.6 is 0 Å². The van der Waals surface area contributed by atoms with Crippen LogP contribution in [-0.2, 0) is 0 Å². The van der Waals surface area contributed by atoms with E-state index in [-0.39, 0.29) is 13.2 Å². The van der Waals surface area contributed by atoms with Gasteiger partial charge in [0.05, 0.1) is 6.61 Å². The summed E-state index contributed by atoms with van der Waals surface area (Å²) in [6.07, 6.45) is 3.62. The molecule has 0 heterocycles. The number of aliphatic hydroxyl groups is 2. The molecule has 0 aliphatic carbocycles. The van der Waals surface area contributed by atoms with Crippen molar-refractivity contribution in [2.75, 3.05) is 13.2 Å². The second-order valence-corrected chi connectivity index (χ2v) is 1.61. The first-order valence-corrected chi connectivity index (χ1v) is 3.25. The number of rotatable bonds is 1. The summed E-state index contributed by atoms with van der Waals surface area (Å²) in [5, 5.41) is 16.5. The fourth-order valence-electron chi connectivity index (χ4n) is 0.375. The minimum absolute atomic E-state index is 0.0865. The van der Waals surface area contributed by atoms with Gasteiger partial charge < -0.3 is 10.2 Å². The lowest BCUT2D eigenvalue weighted by Crippen LogP contribution is -1.74. The Bertz CT molecular complexity index is 219. The number of allylic oxidation sites excluding steroid dienone is 2. The van der Waals surface area contributed by atoms with Crippen molar-refractivity contribution in [2.45, 2.75) is 6.42 Å². The van der Waals surface area contributed by atoms with E-state index in [9.17, 15) is 0 Å². The lowest BCUT2D eigenvalue weighted by atomic mass is 10.4. The first kappa shape index (κ1) is 9.78. The van der Waals surface area contributed by atoms with Crippen LogP contribution in [0.25, 0.3) is 0 Å². The van der Waals surface area contributed by atoms with E-state index in [1.165, 1.54) is 0 Å². The quantitative estimate of drug-likeness (QED) is 0.513. The molecule has 0 aromatic carbocycles. The Morgan fingerprint density at radius 1 is 1.00 bits per heavy atom. The van der Waals surface area contributed by atoms with Crippen molar-refractivity contribution in [1.82, 2.24) is 0 Å². The Balaban J connectivity index is 3.53. The molecule has 0 aromatic rings. The van der Waals surface area contributed by atoms with Crippen molar-refractivity contribution in [3.63, 3.8) is 0 Å². The van der Waals surface area contributed by atoms with Crippen LogP contribution in [-0.4, -0.2) is 23.4 Å². The Morgan fingerprint density at radius 3 is 2.18 bits per heavy atom. The first-order chi connectivity index (χ1) is 5.41. The van der Waals surface area contributed by atoms with Gasteiger partial charge in [0, 0.05) is 6.42 Å². The lowest BCUT2D eigenvalue weighted by Gasteiger charge is -1.74. The van der Waals surface area contributed by atoms with E-state index >= 15 is 0 Å². The zero-order valence-corrected chi connectivity index (χ0v) is 6.17. The summed E-state index contributed by atoms with van der Waals surface area (Å²) in [6, 6.07) is 0. The topological polar surface area (TPSA) is 40.5 Å². The second-order valence-electron chi connectivity index (χ2n) is 1.61. The molecule has 0 atom stereocenters. The van der Waals surface area contributed by atoms with E-state index in [2.05, 4.69) is 23.7 Å². The van der Waals surface area contributed by atoms with Crippen molar-refractivity contribution in [3.05, 3.63) is 12.2 Å². The summed E-state index contributed by atoms with van der Waals surface area (Å²) < 4.78 is 0. The predicted molar refractivity (Wildman–Crippen MR) is 43.5 cm³/mol. The molecule has 11 heavy (non-hydrogen) atoms. The van der Waals surface area contributed by atoms with Crippen LogP contribution in [0.15, 0.2) is 12.2 Å². The normalized spacial score (nSPS) is 8.18. The van der Waals surface area contributed by atoms with Crippen molar-refractivity contribution in [3.8, 4) is 23.7 Å².